The van der Waals surface area contributed by atoms with E-state index in [-0.39, 0.29) is 17.8 Å². The van der Waals surface area contributed by atoms with Crippen LogP contribution in [0.3, 0.4) is 0 Å². The smallest absolute Gasteiger partial charge is 0.327 e. The van der Waals surface area contributed by atoms with E-state index in [1.807, 2.05) is 42.2 Å². The number of rotatable bonds is 5. The van der Waals surface area contributed by atoms with Crippen LogP contribution in [-0.4, -0.2) is 70.9 Å². The van der Waals surface area contributed by atoms with Gasteiger partial charge in [-0.25, -0.2) is 4.79 Å². The third-order valence-corrected chi connectivity index (χ3v) is 7.18. The van der Waals surface area contributed by atoms with E-state index in [0.717, 1.165) is 18.4 Å². The molecule has 3 heterocycles. The summed E-state index contributed by atoms with van der Waals surface area (Å²) in [5.74, 6) is 0.484. The van der Waals surface area contributed by atoms with E-state index in [1.165, 1.54) is 4.90 Å². The van der Waals surface area contributed by atoms with Crippen molar-refractivity contribution in [1.29, 1.82) is 0 Å². The number of amides is 4. The van der Waals surface area contributed by atoms with Gasteiger partial charge in [0.15, 0.2) is 0 Å². The molecule has 0 aromatic heterocycles. The van der Waals surface area contributed by atoms with E-state index in [4.69, 9.17) is 4.74 Å². The van der Waals surface area contributed by atoms with Gasteiger partial charge in [0, 0.05) is 26.2 Å². The van der Waals surface area contributed by atoms with E-state index in [1.54, 1.807) is 4.90 Å². The summed E-state index contributed by atoms with van der Waals surface area (Å²) in [5, 5.41) is 0. The summed E-state index contributed by atoms with van der Waals surface area (Å²) in [6.45, 7) is 4.80. The monoisotopic (exact) mass is 411 g/mol. The van der Waals surface area contributed by atoms with Gasteiger partial charge in [0.1, 0.15) is 5.54 Å². The number of urea groups is 1. The van der Waals surface area contributed by atoms with E-state index in [2.05, 4.69) is 0 Å². The Kier molecular flexibility index (Phi) is 4.61. The third-order valence-electron chi connectivity index (χ3n) is 7.18. The minimum Gasteiger partial charge on any atom is -0.379 e. The van der Waals surface area contributed by atoms with Crippen LogP contribution in [0.1, 0.15) is 38.2 Å². The average molecular weight is 412 g/mol. The first-order chi connectivity index (χ1) is 14.4. The summed E-state index contributed by atoms with van der Waals surface area (Å²) in [6, 6.07) is 9.67. The van der Waals surface area contributed by atoms with Crippen molar-refractivity contribution < 1.29 is 19.1 Å². The number of hydrogen-bond acceptors (Lipinski definition) is 4. The van der Waals surface area contributed by atoms with Crippen molar-refractivity contribution in [3.05, 3.63) is 35.9 Å². The second-order valence-electron chi connectivity index (χ2n) is 9.59. The van der Waals surface area contributed by atoms with Crippen LogP contribution in [0.25, 0.3) is 0 Å². The Morgan fingerprint density at radius 1 is 1.10 bits per heavy atom. The summed E-state index contributed by atoms with van der Waals surface area (Å²) < 4.78 is 5.25. The molecule has 1 aromatic carbocycles. The molecule has 1 spiro atoms. The zero-order valence-corrected chi connectivity index (χ0v) is 17.5. The van der Waals surface area contributed by atoms with Crippen molar-refractivity contribution in [2.75, 3.05) is 32.8 Å². The lowest BCUT2D eigenvalue weighted by Crippen LogP contribution is -2.60. The second-order valence-corrected chi connectivity index (χ2v) is 9.59. The Morgan fingerprint density at radius 3 is 2.33 bits per heavy atom. The molecule has 30 heavy (non-hydrogen) atoms. The number of hydrogen-bond donors (Lipinski definition) is 0. The molecule has 1 saturated carbocycles. The van der Waals surface area contributed by atoms with Crippen LogP contribution in [0, 0.1) is 11.3 Å². The first-order valence-electron chi connectivity index (χ1n) is 11.0. The summed E-state index contributed by atoms with van der Waals surface area (Å²) >= 11 is 0. The van der Waals surface area contributed by atoms with Gasteiger partial charge in [-0.1, -0.05) is 30.3 Å². The Morgan fingerprint density at radius 2 is 1.77 bits per heavy atom. The molecule has 160 valence electrons. The standard InChI is InChI=1S/C23H29N3O4/c1-22(15-30-16-22)19(27)24-11-9-23(10-12-24)20(28)25(13-18-7-8-18)21(29)26(23)14-17-5-3-2-4-6-17/h2-6,18H,7-16H2,1H3. The zero-order valence-electron chi connectivity index (χ0n) is 17.5. The summed E-state index contributed by atoms with van der Waals surface area (Å²) in [4.78, 5) is 44.9. The molecule has 4 fully saturated rings. The van der Waals surface area contributed by atoms with Crippen LogP contribution in [0.5, 0.6) is 0 Å². The maximum atomic E-state index is 13.5. The van der Waals surface area contributed by atoms with Crippen LogP contribution in [-0.2, 0) is 20.9 Å². The number of carbonyl (C=O) groups is 3. The average Bonchev–Trinajstić information content (AvgIpc) is 3.55. The highest BCUT2D eigenvalue weighted by molar-refractivity contribution is 6.07. The van der Waals surface area contributed by atoms with Gasteiger partial charge in [-0.2, -0.15) is 0 Å². The lowest BCUT2D eigenvalue weighted by atomic mass is 9.82. The Bertz CT molecular complexity index is 854. The molecular weight excluding hydrogens is 382 g/mol. The van der Waals surface area contributed by atoms with Gasteiger partial charge in [-0.15, -0.1) is 0 Å². The lowest BCUT2D eigenvalue weighted by molar-refractivity contribution is -0.171. The van der Waals surface area contributed by atoms with Crippen molar-refractivity contribution in [2.45, 2.75) is 44.7 Å². The summed E-state index contributed by atoms with van der Waals surface area (Å²) in [5.41, 5.74) is -0.263. The van der Waals surface area contributed by atoms with Gasteiger partial charge in [-0.3, -0.25) is 14.5 Å². The molecule has 5 rings (SSSR count). The normalized spacial score (nSPS) is 25.0. The molecule has 1 aliphatic carbocycles. The van der Waals surface area contributed by atoms with Gasteiger partial charge in [0.2, 0.25) is 5.91 Å². The molecule has 0 bridgehead atoms. The largest absolute Gasteiger partial charge is 0.379 e. The Balaban J connectivity index is 1.38. The molecule has 0 radical (unpaired) electrons. The molecule has 0 unspecified atom stereocenters. The maximum absolute atomic E-state index is 13.5. The predicted molar refractivity (Wildman–Crippen MR) is 109 cm³/mol. The van der Waals surface area contributed by atoms with Crippen LogP contribution < -0.4 is 0 Å². The molecule has 0 N–H and O–H groups in total. The van der Waals surface area contributed by atoms with Gasteiger partial charge < -0.3 is 14.5 Å². The highest BCUT2D eigenvalue weighted by atomic mass is 16.5. The fourth-order valence-electron chi connectivity index (χ4n) is 4.96. The van der Waals surface area contributed by atoms with Crippen LogP contribution in [0.15, 0.2) is 30.3 Å². The van der Waals surface area contributed by atoms with Crippen LogP contribution in [0.4, 0.5) is 4.79 Å². The maximum Gasteiger partial charge on any atom is 0.327 e. The number of benzene rings is 1. The SMILES string of the molecule is CC1(C(=O)N2CCC3(CC2)C(=O)N(CC2CC2)C(=O)N3Cc2ccccc2)COC1. The van der Waals surface area contributed by atoms with E-state index >= 15 is 0 Å². The van der Waals surface area contributed by atoms with Gasteiger partial charge in [0.05, 0.1) is 18.6 Å². The van der Waals surface area contributed by atoms with Gasteiger partial charge >= 0.3 is 6.03 Å². The molecule has 1 aromatic rings. The first-order valence-corrected chi connectivity index (χ1v) is 11.0. The van der Waals surface area contributed by atoms with Crippen LogP contribution in [0.2, 0.25) is 0 Å². The van der Waals surface area contributed by atoms with E-state index < -0.39 is 11.0 Å². The van der Waals surface area contributed by atoms with Crippen molar-refractivity contribution in [2.24, 2.45) is 11.3 Å². The number of ether oxygens (including phenoxy) is 1. The topological polar surface area (TPSA) is 70.2 Å². The Labute approximate surface area is 176 Å². The van der Waals surface area contributed by atoms with Gasteiger partial charge in [0.25, 0.3) is 5.91 Å². The number of imide groups is 1. The molecular formula is C23H29N3O4. The van der Waals surface area contributed by atoms with E-state index in [9.17, 15) is 14.4 Å². The molecule has 3 aliphatic heterocycles. The molecule has 3 saturated heterocycles. The zero-order chi connectivity index (χ0) is 20.9. The molecule has 4 amide bonds. The number of likely N-dealkylation sites (tertiary alicyclic amines) is 1. The molecule has 0 atom stereocenters. The number of carbonyl (C=O) groups excluding carboxylic acids is 3. The van der Waals surface area contributed by atoms with Crippen molar-refractivity contribution in [3.63, 3.8) is 0 Å². The quantitative estimate of drug-likeness (QED) is 0.697. The van der Waals surface area contributed by atoms with Crippen LogP contribution >= 0.6 is 0 Å². The first kappa shape index (κ1) is 19.5. The second kappa shape index (κ2) is 7.08. The fourth-order valence-corrected chi connectivity index (χ4v) is 4.96. The highest BCUT2D eigenvalue weighted by Crippen LogP contribution is 2.42. The van der Waals surface area contributed by atoms with Crippen molar-refractivity contribution in [3.8, 4) is 0 Å². The summed E-state index contributed by atoms with van der Waals surface area (Å²) in [7, 11) is 0. The molecule has 7 heteroatoms. The fraction of sp³-hybridized carbons (Fsp3) is 0.609. The van der Waals surface area contributed by atoms with E-state index in [0.29, 0.717) is 58.2 Å². The third kappa shape index (κ3) is 3.11. The molecule has 7 nitrogen and oxygen atoms in total. The summed E-state index contributed by atoms with van der Waals surface area (Å²) in [6.07, 6.45) is 3.17. The molecule has 4 aliphatic rings. The number of piperidine rings is 1. The van der Waals surface area contributed by atoms with Crippen molar-refractivity contribution in [1.82, 2.24) is 14.7 Å². The highest BCUT2D eigenvalue weighted by Gasteiger charge is 2.59. The lowest BCUT2D eigenvalue weighted by Gasteiger charge is -2.46. The van der Waals surface area contributed by atoms with Gasteiger partial charge in [-0.05, 0) is 44.1 Å². The predicted octanol–water partition coefficient (Wildman–Crippen LogP) is 2.26. The van der Waals surface area contributed by atoms with Crippen molar-refractivity contribution >= 4 is 17.8 Å². The Hall–Kier alpha value is -2.41. The number of nitrogens with zero attached hydrogens (tertiary/aromatic N) is 3. The minimum absolute atomic E-state index is 0.0689. The minimum atomic E-state index is -0.838.